The molecule has 1 aliphatic carbocycles. The van der Waals surface area contributed by atoms with Gasteiger partial charge in [0.25, 0.3) is 5.91 Å². The lowest BCUT2D eigenvalue weighted by molar-refractivity contribution is 0.0727. The van der Waals surface area contributed by atoms with Gasteiger partial charge in [-0.1, -0.05) is 6.07 Å². The van der Waals surface area contributed by atoms with E-state index in [1.165, 1.54) is 12.1 Å². The highest BCUT2D eigenvalue weighted by Crippen LogP contribution is 2.39. The number of likely N-dealkylation sites (tertiary alicyclic amines) is 1. The van der Waals surface area contributed by atoms with Crippen LogP contribution in [0.5, 0.6) is 11.5 Å². The Morgan fingerprint density at radius 3 is 2.66 bits per heavy atom. The Balaban J connectivity index is 1.34. The Bertz CT molecular complexity index is 1190. The van der Waals surface area contributed by atoms with Crippen molar-refractivity contribution in [3.8, 4) is 17.2 Å². The lowest BCUT2D eigenvalue weighted by Gasteiger charge is -2.26. The highest BCUT2D eigenvalue weighted by Gasteiger charge is 2.36. The van der Waals surface area contributed by atoms with Crippen LogP contribution in [0.3, 0.4) is 0 Å². The molecule has 7 heteroatoms. The SMILES string of the molecule is O=C(c1nn(-c2ccc(F)cc2)c2c1CCC2)N1CCC[C@H]1c1ccc2c(c1)OCCO2. The Morgan fingerprint density at radius 2 is 1.81 bits per heavy atom. The first-order chi connectivity index (χ1) is 15.7. The third-order valence-corrected chi connectivity index (χ3v) is 6.67. The van der Waals surface area contributed by atoms with Gasteiger partial charge in [-0.15, -0.1) is 0 Å². The predicted octanol–water partition coefficient (Wildman–Crippen LogP) is 4.25. The van der Waals surface area contributed by atoms with Gasteiger partial charge in [0, 0.05) is 17.8 Å². The number of hydrogen-bond donors (Lipinski definition) is 0. The average molecular weight is 433 g/mol. The molecule has 3 aromatic rings. The van der Waals surface area contributed by atoms with E-state index in [0.29, 0.717) is 25.5 Å². The van der Waals surface area contributed by atoms with Crippen molar-refractivity contribution in [1.29, 1.82) is 0 Å². The molecule has 0 radical (unpaired) electrons. The molecule has 1 saturated heterocycles. The van der Waals surface area contributed by atoms with Gasteiger partial charge in [-0.3, -0.25) is 4.79 Å². The first-order valence-corrected chi connectivity index (χ1v) is 11.3. The molecule has 1 fully saturated rings. The van der Waals surface area contributed by atoms with Crippen LogP contribution in [0.25, 0.3) is 5.69 Å². The van der Waals surface area contributed by atoms with Gasteiger partial charge in [0.15, 0.2) is 17.2 Å². The molecule has 0 spiro atoms. The van der Waals surface area contributed by atoms with E-state index >= 15 is 0 Å². The smallest absolute Gasteiger partial charge is 0.275 e. The summed E-state index contributed by atoms with van der Waals surface area (Å²) in [5, 5.41) is 4.73. The van der Waals surface area contributed by atoms with Crippen LogP contribution in [0.2, 0.25) is 0 Å². The molecular formula is C25H24FN3O3. The average Bonchev–Trinajstić information content (AvgIpc) is 3.56. The summed E-state index contributed by atoms with van der Waals surface area (Å²) in [5.41, 5.74) is 4.48. The maximum Gasteiger partial charge on any atom is 0.275 e. The number of rotatable bonds is 3. The number of carbonyl (C=O) groups is 1. The van der Waals surface area contributed by atoms with Crippen LogP contribution in [-0.4, -0.2) is 40.3 Å². The zero-order chi connectivity index (χ0) is 21.7. The van der Waals surface area contributed by atoms with Gasteiger partial charge in [-0.2, -0.15) is 5.10 Å². The number of aromatic nitrogens is 2. The normalized spacial score (nSPS) is 19.3. The molecule has 6 nitrogen and oxygen atoms in total. The fourth-order valence-corrected chi connectivity index (χ4v) is 5.16. The van der Waals surface area contributed by atoms with Crippen LogP contribution in [0.15, 0.2) is 42.5 Å². The number of ether oxygens (including phenoxy) is 2. The molecule has 32 heavy (non-hydrogen) atoms. The first-order valence-electron chi connectivity index (χ1n) is 11.3. The van der Waals surface area contributed by atoms with Gasteiger partial charge >= 0.3 is 0 Å². The summed E-state index contributed by atoms with van der Waals surface area (Å²) in [7, 11) is 0. The van der Waals surface area contributed by atoms with Crippen molar-refractivity contribution in [3.05, 3.63) is 70.8 Å². The Morgan fingerprint density at radius 1 is 1.00 bits per heavy atom. The van der Waals surface area contributed by atoms with E-state index in [0.717, 1.165) is 66.1 Å². The van der Waals surface area contributed by atoms with Gasteiger partial charge in [-0.05, 0) is 74.1 Å². The molecule has 0 unspecified atom stereocenters. The summed E-state index contributed by atoms with van der Waals surface area (Å²) in [4.78, 5) is 15.7. The van der Waals surface area contributed by atoms with Crippen molar-refractivity contribution in [1.82, 2.24) is 14.7 Å². The highest BCUT2D eigenvalue weighted by atomic mass is 19.1. The van der Waals surface area contributed by atoms with E-state index in [4.69, 9.17) is 14.6 Å². The molecule has 2 aliphatic heterocycles. The molecule has 0 bridgehead atoms. The van der Waals surface area contributed by atoms with Crippen LogP contribution >= 0.6 is 0 Å². The minimum atomic E-state index is -0.284. The quantitative estimate of drug-likeness (QED) is 0.620. The van der Waals surface area contributed by atoms with Gasteiger partial charge in [0.05, 0.1) is 11.7 Å². The van der Waals surface area contributed by atoms with E-state index < -0.39 is 0 Å². The topological polar surface area (TPSA) is 56.6 Å². The minimum absolute atomic E-state index is 0.00801. The summed E-state index contributed by atoms with van der Waals surface area (Å²) < 4.78 is 26.6. The number of nitrogens with zero attached hydrogens (tertiary/aromatic N) is 3. The van der Waals surface area contributed by atoms with Crippen molar-refractivity contribution in [3.63, 3.8) is 0 Å². The summed E-state index contributed by atoms with van der Waals surface area (Å²) in [6, 6.07) is 12.2. The molecule has 0 N–H and O–H groups in total. The van der Waals surface area contributed by atoms with E-state index in [-0.39, 0.29) is 17.8 Å². The standard InChI is InChI=1S/C25H24FN3O3/c26-17-7-9-18(10-8-17)29-21-4-1-3-19(21)24(27-29)25(30)28-12-2-5-20(28)16-6-11-22-23(15-16)32-14-13-31-22/h6-11,15,20H,1-5,12-14H2/t20-/m0/s1. The molecular weight excluding hydrogens is 409 g/mol. The number of fused-ring (bicyclic) bond motifs is 2. The second kappa shape index (κ2) is 7.65. The van der Waals surface area contributed by atoms with E-state index in [9.17, 15) is 9.18 Å². The number of benzene rings is 2. The highest BCUT2D eigenvalue weighted by molar-refractivity contribution is 5.95. The van der Waals surface area contributed by atoms with Gasteiger partial charge < -0.3 is 14.4 Å². The van der Waals surface area contributed by atoms with Crippen LogP contribution in [-0.2, 0) is 12.8 Å². The van der Waals surface area contributed by atoms with Crippen molar-refractivity contribution in [2.24, 2.45) is 0 Å². The van der Waals surface area contributed by atoms with E-state index in [1.807, 2.05) is 27.8 Å². The first kappa shape index (κ1) is 19.3. The monoisotopic (exact) mass is 433 g/mol. The van der Waals surface area contributed by atoms with Crippen molar-refractivity contribution in [2.75, 3.05) is 19.8 Å². The zero-order valence-corrected chi connectivity index (χ0v) is 17.7. The molecule has 1 aromatic heterocycles. The third-order valence-electron chi connectivity index (χ3n) is 6.67. The van der Waals surface area contributed by atoms with Crippen LogP contribution in [0, 0.1) is 5.82 Å². The summed E-state index contributed by atoms with van der Waals surface area (Å²) >= 11 is 0. The molecule has 164 valence electrons. The Kier molecular flexibility index (Phi) is 4.63. The third kappa shape index (κ3) is 3.15. The van der Waals surface area contributed by atoms with Crippen LogP contribution in [0.4, 0.5) is 4.39 Å². The number of carbonyl (C=O) groups excluding carboxylic acids is 1. The summed E-state index contributed by atoms with van der Waals surface area (Å²) in [5.74, 6) is 1.19. The van der Waals surface area contributed by atoms with Crippen LogP contribution < -0.4 is 9.47 Å². The van der Waals surface area contributed by atoms with Gasteiger partial charge in [0.1, 0.15) is 19.0 Å². The Labute approximate surface area is 185 Å². The summed E-state index contributed by atoms with van der Waals surface area (Å²) in [6.07, 6.45) is 4.58. The maximum absolute atomic E-state index is 13.7. The second-order valence-corrected chi connectivity index (χ2v) is 8.58. The zero-order valence-electron chi connectivity index (χ0n) is 17.7. The molecule has 3 heterocycles. The largest absolute Gasteiger partial charge is 0.486 e. The number of hydrogen-bond acceptors (Lipinski definition) is 4. The number of amides is 1. The molecule has 6 rings (SSSR count). The van der Waals surface area contributed by atoms with E-state index in [1.54, 1.807) is 12.1 Å². The molecule has 1 amide bonds. The van der Waals surface area contributed by atoms with E-state index in [2.05, 4.69) is 0 Å². The fraction of sp³-hybridized carbons (Fsp3) is 0.360. The molecule has 3 aliphatic rings. The van der Waals surface area contributed by atoms with Gasteiger partial charge in [0.2, 0.25) is 0 Å². The number of halogens is 1. The Hall–Kier alpha value is -3.35. The summed E-state index contributed by atoms with van der Waals surface area (Å²) in [6.45, 7) is 1.80. The van der Waals surface area contributed by atoms with Crippen molar-refractivity contribution < 1.29 is 18.7 Å². The maximum atomic E-state index is 13.7. The minimum Gasteiger partial charge on any atom is -0.486 e. The van der Waals surface area contributed by atoms with Crippen molar-refractivity contribution in [2.45, 2.75) is 38.1 Å². The lowest BCUT2D eigenvalue weighted by Crippen LogP contribution is -2.31. The fourth-order valence-electron chi connectivity index (χ4n) is 5.16. The predicted molar refractivity (Wildman–Crippen MR) is 116 cm³/mol. The molecule has 2 aromatic carbocycles. The molecule has 1 atom stereocenters. The van der Waals surface area contributed by atoms with Crippen molar-refractivity contribution >= 4 is 5.91 Å². The second-order valence-electron chi connectivity index (χ2n) is 8.58. The van der Waals surface area contributed by atoms with Crippen LogP contribution in [0.1, 0.15) is 52.6 Å². The van der Waals surface area contributed by atoms with Gasteiger partial charge in [-0.25, -0.2) is 9.07 Å². The molecule has 0 saturated carbocycles. The lowest BCUT2D eigenvalue weighted by atomic mass is 10.0.